The van der Waals surface area contributed by atoms with E-state index in [0.29, 0.717) is 54.0 Å². The van der Waals surface area contributed by atoms with Gasteiger partial charge < -0.3 is 30.9 Å². The fourth-order valence-electron chi connectivity index (χ4n) is 5.86. The maximum absolute atomic E-state index is 15.8. The molecule has 25 heteroatoms. The Bertz CT molecular complexity index is 2110. The highest BCUT2D eigenvalue weighted by Crippen LogP contribution is 2.42. The van der Waals surface area contributed by atoms with Crippen molar-refractivity contribution in [2.45, 2.75) is 110 Å². The van der Waals surface area contributed by atoms with Crippen LogP contribution < -0.4 is 21.4 Å². The normalized spacial score (nSPS) is 14.7. The van der Waals surface area contributed by atoms with Crippen molar-refractivity contribution in [2.24, 2.45) is 10.8 Å². The van der Waals surface area contributed by atoms with Crippen molar-refractivity contribution in [1.82, 2.24) is 36.2 Å². The first-order valence-corrected chi connectivity index (χ1v) is 19.9. The number of alkyl carbamates (subject to hydrolysis) is 1. The molecular weight excluding hydrogens is 995 g/mol. The van der Waals surface area contributed by atoms with Crippen LogP contribution in [0.3, 0.4) is 0 Å². The quantitative estimate of drug-likeness (QED) is 0.0454. The number of hydrogen-bond acceptors (Lipinski definition) is 8. The largest absolute Gasteiger partial charge is 0.465 e. The van der Waals surface area contributed by atoms with Crippen LogP contribution in [0.2, 0.25) is 0 Å². The van der Waals surface area contributed by atoms with Crippen LogP contribution in [0.15, 0.2) is 48.7 Å². The van der Waals surface area contributed by atoms with E-state index in [-0.39, 0.29) is 15.9 Å². The van der Waals surface area contributed by atoms with Gasteiger partial charge in [-0.1, -0.05) is 12.1 Å². The number of carbonyl (C=O) groups excluding carboxylic acids is 3. The first-order valence-electron chi connectivity index (χ1n) is 18.9. The van der Waals surface area contributed by atoms with Crippen molar-refractivity contribution in [1.29, 1.82) is 0 Å². The average molecular weight is 1040 g/mol. The maximum atomic E-state index is 15.8. The number of rotatable bonds is 17. The van der Waals surface area contributed by atoms with Gasteiger partial charge in [-0.3, -0.25) is 15.0 Å². The van der Waals surface area contributed by atoms with Gasteiger partial charge in [-0.25, -0.2) is 28.1 Å². The zero-order chi connectivity index (χ0) is 48.9. The lowest BCUT2D eigenvalue weighted by atomic mass is 9.82. The van der Waals surface area contributed by atoms with Gasteiger partial charge in [0.15, 0.2) is 0 Å². The number of halogens is 11. The van der Waals surface area contributed by atoms with Gasteiger partial charge in [0, 0.05) is 34.0 Å². The Kier molecular flexibility index (Phi) is 17.1. The van der Waals surface area contributed by atoms with Crippen molar-refractivity contribution in [3.05, 3.63) is 75.0 Å². The minimum absolute atomic E-state index is 0.192. The molecule has 0 spiro atoms. The van der Waals surface area contributed by atoms with Crippen LogP contribution in [0.1, 0.15) is 66.1 Å². The first-order chi connectivity index (χ1) is 29.1. The van der Waals surface area contributed by atoms with Gasteiger partial charge >= 0.3 is 31.1 Å². The van der Waals surface area contributed by atoms with Gasteiger partial charge in [-0.05, 0) is 113 Å². The van der Waals surface area contributed by atoms with E-state index >= 15 is 8.78 Å². The molecule has 4 unspecified atom stereocenters. The average Bonchev–Trinajstić information content (AvgIpc) is 3.64. The van der Waals surface area contributed by atoms with E-state index in [1.807, 2.05) is 33.3 Å². The second-order valence-corrected chi connectivity index (χ2v) is 17.9. The molecule has 3 aromatic rings. The summed E-state index contributed by atoms with van der Waals surface area (Å²) in [6, 6.07) is 1.59. The van der Waals surface area contributed by atoms with Crippen LogP contribution >= 0.6 is 22.6 Å². The predicted molar refractivity (Wildman–Crippen MR) is 216 cm³/mol. The Balaban J connectivity index is 2.18. The molecule has 0 radical (unpaired) electrons. The molecule has 64 heavy (non-hydrogen) atoms. The SMILES string of the molecule is CC(C)(C)OC(=O)NC(C(=O)NN(Cc1c(F)cc(-c2ccn(C(F)F)n2)cc1F)CC(O)C(Cc1ccc(I)cc1)NC(=O)C(NC(=O)O)C(C)(C)C(F)(F)F)C(C)(C)C(F)(F)F. The van der Waals surface area contributed by atoms with E-state index in [4.69, 9.17) is 4.74 Å². The number of aliphatic hydroxyl groups excluding tert-OH is 1. The summed E-state index contributed by atoms with van der Waals surface area (Å²) < 4.78 is 150. The number of nitrogens with one attached hydrogen (secondary N) is 4. The molecule has 4 amide bonds. The van der Waals surface area contributed by atoms with Crippen LogP contribution in [-0.4, -0.2) is 97.7 Å². The number of amides is 4. The van der Waals surface area contributed by atoms with Crippen LogP contribution in [-0.2, 0) is 27.3 Å². The Labute approximate surface area is 373 Å². The highest BCUT2D eigenvalue weighted by atomic mass is 127. The van der Waals surface area contributed by atoms with E-state index < -0.39 is 120 Å². The Morgan fingerprint density at radius 1 is 0.812 bits per heavy atom. The Hall–Kier alpha value is -4.92. The third-order valence-corrected chi connectivity index (χ3v) is 10.5. The number of carboxylic acid groups (broad SMARTS) is 1. The molecule has 0 saturated carbocycles. The predicted octanol–water partition coefficient (Wildman–Crippen LogP) is 7.46. The molecule has 0 saturated heterocycles. The van der Waals surface area contributed by atoms with Crippen molar-refractivity contribution < 1.29 is 78.0 Å². The highest BCUT2D eigenvalue weighted by Gasteiger charge is 2.57. The van der Waals surface area contributed by atoms with Crippen molar-refractivity contribution in [2.75, 3.05) is 6.54 Å². The number of alkyl halides is 8. The van der Waals surface area contributed by atoms with Gasteiger partial charge in [-0.2, -0.15) is 40.2 Å². The Morgan fingerprint density at radius 2 is 1.33 bits per heavy atom. The van der Waals surface area contributed by atoms with Gasteiger partial charge in [0.2, 0.25) is 5.91 Å². The molecule has 0 bridgehead atoms. The standard InChI is InChI=1S/C39H46F10IN7O7/c1-35(2,3)64-34(63)53-29(37(6,7)39(47,48)49)31(60)55-56(17-22-23(40)15-20(16-24(22)41)25-12-13-57(54-25)32(42)43)18-27(58)26(14-19-8-10-21(50)11-9-19)51-30(59)28(52-33(61)62)36(4,5)38(44,45)46/h8-13,15-16,26-29,32,52,58H,14,17-18H2,1-7H3,(H,51,59)(H,53,63)(H,55,60)(H,61,62). The zero-order valence-corrected chi connectivity index (χ0v) is 37.2. The molecule has 0 aliphatic heterocycles. The van der Waals surface area contributed by atoms with Gasteiger partial charge in [-0.15, -0.1) is 0 Å². The second-order valence-electron chi connectivity index (χ2n) is 16.6. The van der Waals surface area contributed by atoms with Gasteiger partial charge in [0.1, 0.15) is 29.3 Å². The number of aromatic nitrogens is 2. The lowest BCUT2D eigenvalue weighted by molar-refractivity contribution is -0.221. The first kappa shape index (κ1) is 53.4. The topological polar surface area (TPSA) is 187 Å². The number of benzene rings is 2. The minimum Gasteiger partial charge on any atom is -0.465 e. The summed E-state index contributed by atoms with van der Waals surface area (Å²) in [6.07, 6.45) is -15.7. The molecule has 0 aliphatic carbocycles. The highest BCUT2D eigenvalue weighted by molar-refractivity contribution is 14.1. The summed E-state index contributed by atoms with van der Waals surface area (Å²) >= 11 is 1.94. The molecule has 14 nitrogen and oxygen atoms in total. The van der Waals surface area contributed by atoms with Crippen LogP contribution in [0.5, 0.6) is 0 Å². The summed E-state index contributed by atoms with van der Waals surface area (Å²) in [5.41, 5.74) is -6.75. The molecular formula is C39H46F10IN7O7. The molecule has 3 rings (SSSR count). The van der Waals surface area contributed by atoms with E-state index in [1.54, 1.807) is 12.1 Å². The molecule has 6 N–H and O–H groups in total. The van der Waals surface area contributed by atoms with E-state index in [2.05, 4.69) is 10.4 Å². The lowest BCUT2D eigenvalue weighted by Crippen LogP contribution is -2.63. The Morgan fingerprint density at radius 3 is 1.78 bits per heavy atom. The number of aliphatic hydroxyl groups is 1. The second kappa shape index (κ2) is 20.5. The third-order valence-electron chi connectivity index (χ3n) is 9.79. The number of ether oxygens (including phenoxy) is 1. The van der Waals surface area contributed by atoms with Crippen molar-refractivity contribution in [3.8, 4) is 11.3 Å². The fourth-order valence-corrected chi connectivity index (χ4v) is 6.22. The van der Waals surface area contributed by atoms with Gasteiger partial charge in [0.05, 0.1) is 28.7 Å². The monoisotopic (exact) mass is 1040 g/mol. The number of hydrogen-bond donors (Lipinski definition) is 6. The van der Waals surface area contributed by atoms with Gasteiger partial charge in [0.25, 0.3) is 5.91 Å². The van der Waals surface area contributed by atoms with Crippen molar-refractivity contribution in [3.63, 3.8) is 0 Å². The molecule has 0 aliphatic rings. The molecule has 0 fully saturated rings. The molecule has 4 atom stereocenters. The molecule has 356 valence electrons. The summed E-state index contributed by atoms with van der Waals surface area (Å²) in [5, 5.41) is 30.7. The number of nitrogens with zero attached hydrogens (tertiary/aromatic N) is 3. The van der Waals surface area contributed by atoms with Crippen molar-refractivity contribution >= 4 is 46.6 Å². The maximum Gasteiger partial charge on any atom is 0.408 e. The minimum atomic E-state index is -5.23. The summed E-state index contributed by atoms with van der Waals surface area (Å²) in [7, 11) is 0. The lowest BCUT2D eigenvalue weighted by Gasteiger charge is -2.38. The smallest absolute Gasteiger partial charge is 0.408 e. The van der Waals surface area contributed by atoms with Crippen LogP contribution in [0.4, 0.5) is 53.5 Å². The molecule has 1 aromatic heterocycles. The van der Waals surface area contributed by atoms with E-state index in [1.165, 1.54) is 38.2 Å². The molecule has 1 heterocycles. The number of carbonyl (C=O) groups is 4. The van der Waals surface area contributed by atoms with Crippen LogP contribution in [0, 0.1) is 26.0 Å². The molecule has 2 aromatic carbocycles. The van der Waals surface area contributed by atoms with Crippen LogP contribution in [0.25, 0.3) is 11.3 Å². The summed E-state index contributed by atoms with van der Waals surface area (Å²) in [4.78, 5) is 52.0. The summed E-state index contributed by atoms with van der Waals surface area (Å²) in [6.45, 7) is 0.872. The number of hydrazine groups is 1. The van der Waals surface area contributed by atoms with E-state index in [9.17, 15) is 64.5 Å². The zero-order valence-electron chi connectivity index (χ0n) is 35.1. The third kappa shape index (κ3) is 14.0. The van der Waals surface area contributed by atoms with E-state index in [0.717, 1.165) is 12.3 Å². The fraction of sp³-hybridized carbons (Fsp3) is 0.513. The summed E-state index contributed by atoms with van der Waals surface area (Å²) in [5.74, 6) is -6.14.